The Morgan fingerprint density at radius 2 is 1.84 bits per heavy atom. The Morgan fingerprint density at radius 3 is 2.62 bits per heavy atom. The van der Waals surface area contributed by atoms with Crippen LogP contribution in [0.3, 0.4) is 0 Å². The van der Waals surface area contributed by atoms with Crippen LogP contribution < -0.4 is 14.4 Å². The van der Waals surface area contributed by atoms with Crippen LogP contribution in [0.2, 0.25) is 5.02 Å². The largest absolute Gasteiger partial charge is 0.495 e. The van der Waals surface area contributed by atoms with Crippen LogP contribution in [0.1, 0.15) is 5.56 Å². The number of hydrogen-bond acceptors (Lipinski definition) is 7. The molecule has 8 nitrogen and oxygen atoms in total. The highest BCUT2D eigenvalue weighted by Crippen LogP contribution is 2.44. The molecule has 188 valence electrons. The van der Waals surface area contributed by atoms with E-state index in [1.807, 2.05) is 36.4 Å². The molecule has 0 unspecified atom stereocenters. The molecule has 1 aromatic heterocycles. The molecule has 0 fully saturated rings. The highest BCUT2D eigenvalue weighted by Gasteiger charge is 2.37. The van der Waals surface area contributed by atoms with Crippen molar-refractivity contribution in [2.24, 2.45) is 0 Å². The van der Waals surface area contributed by atoms with Crippen LogP contribution in [-0.2, 0) is 21.4 Å². The van der Waals surface area contributed by atoms with Gasteiger partial charge >= 0.3 is 0 Å². The van der Waals surface area contributed by atoms with Crippen LogP contribution in [0, 0.1) is 0 Å². The van der Waals surface area contributed by atoms with Crippen LogP contribution in [0.25, 0.3) is 11.3 Å². The molecule has 37 heavy (non-hydrogen) atoms. The molecule has 0 radical (unpaired) electrons. The Labute approximate surface area is 223 Å². The first kappa shape index (κ1) is 25.1. The zero-order valence-electron chi connectivity index (χ0n) is 19.6. The molecule has 1 aliphatic heterocycles. The van der Waals surface area contributed by atoms with Gasteiger partial charge in [-0.05, 0) is 35.9 Å². The maximum atomic E-state index is 13.6. The number of nitrogens with zero attached hydrogens (tertiary/aromatic N) is 3. The second-order valence-corrected chi connectivity index (χ2v) is 11.3. The number of carbonyl (C=O) groups is 1. The molecule has 1 amide bonds. The fourth-order valence-corrected chi connectivity index (χ4v) is 6.28. The lowest BCUT2D eigenvalue weighted by molar-refractivity contribution is -0.113. The Kier molecular flexibility index (Phi) is 7.05. The number of para-hydroxylation sites is 2. The average Bonchev–Trinajstić information content (AvgIpc) is 2.90. The van der Waals surface area contributed by atoms with Crippen LogP contribution in [0.4, 0.5) is 11.4 Å². The van der Waals surface area contributed by atoms with Gasteiger partial charge in [-0.25, -0.2) is 18.4 Å². The minimum absolute atomic E-state index is 0.000997. The smallest absolute Gasteiger partial charge is 0.268 e. The van der Waals surface area contributed by atoms with Crippen LogP contribution in [0.15, 0.2) is 89.0 Å². The van der Waals surface area contributed by atoms with Crippen molar-refractivity contribution >= 4 is 50.7 Å². The van der Waals surface area contributed by atoms with E-state index >= 15 is 0 Å². The number of benzene rings is 3. The summed E-state index contributed by atoms with van der Waals surface area (Å²) in [6.45, 7) is 0.135. The number of rotatable bonds is 7. The molecule has 0 atom stereocenters. The van der Waals surface area contributed by atoms with Gasteiger partial charge in [-0.1, -0.05) is 65.8 Å². The molecule has 0 aliphatic carbocycles. The molecule has 4 aromatic rings. The van der Waals surface area contributed by atoms with Gasteiger partial charge in [-0.3, -0.25) is 9.10 Å². The van der Waals surface area contributed by atoms with Crippen LogP contribution >= 0.6 is 23.4 Å². The van der Waals surface area contributed by atoms with Crippen molar-refractivity contribution in [2.75, 3.05) is 22.5 Å². The number of methoxy groups -OCH3 is 1. The molecular weight excluding hydrogens is 532 g/mol. The number of halogens is 1. The molecule has 5 rings (SSSR count). The fourth-order valence-electron chi connectivity index (χ4n) is 3.95. The summed E-state index contributed by atoms with van der Waals surface area (Å²) in [7, 11) is -2.43. The Balaban J connectivity index is 1.43. The van der Waals surface area contributed by atoms with E-state index in [1.165, 1.54) is 17.6 Å². The zero-order chi connectivity index (χ0) is 26.0. The van der Waals surface area contributed by atoms with Gasteiger partial charge in [0.1, 0.15) is 10.6 Å². The summed E-state index contributed by atoms with van der Waals surface area (Å²) in [4.78, 5) is 21.3. The van der Waals surface area contributed by atoms with E-state index in [0.29, 0.717) is 27.7 Å². The van der Waals surface area contributed by atoms with Crippen molar-refractivity contribution in [2.45, 2.75) is 16.6 Å². The predicted molar refractivity (Wildman–Crippen MR) is 145 cm³/mol. The van der Waals surface area contributed by atoms with Crippen molar-refractivity contribution in [3.63, 3.8) is 0 Å². The number of sulfonamides is 1. The van der Waals surface area contributed by atoms with Crippen molar-refractivity contribution in [1.29, 1.82) is 0 Å². The number of hydrogen-bond donors (Lipinski definition) is 1. The van der Waals surface area contributed by atoms with Crippen LogP contribution in [-0.4, -0.2) is 37.2 Å². The molecular formula is C26H21ClN4O4S2. The Morgan fingerprint density at radius 1 is 1.08 bits per heavy atom. The first-order valence-electron chi connectivity index (χ1n) is 11.2. The topological polar surface area (TPSA) is 101 Å². The number of aromatic nitrogens is 2. The van der Waals surface area contributed by atoms with E-state index in [9.17, 15) is 13.2 Å². The third-order valence-corrected chi connectivity index (χ3v) is 8.52. The van der Waals surface area contributed by atoms with Crippen molar-refractivity contribution in [1.82, 2.24) is 9.97 Å². The number of fused-ring (bicyclic) bond motifs is 3. The summed E-state index contributed by atoms with van der Waals surface area (Å²) in [6.07, 6.45) is 1.30. The zero-order valence-corrected chi connectivity index (χ0v) is 22.0. The quantitative estimate of drug-likeness (QED) is 0.247. The first-order valence-corrected chi connectivity index (χ1v) is 14.0. The first-order chi connectivity index (χ1) is 17.9. The van der Waals surface area contributed by atoms with Gasteiger partial charge in [0.2, 0.25) is 5.91 Å². The minimum atomic E-state index is -3.96. The third-order valence-electron chi connectivity index (χ3n) is 5.67. The lowest BCUT2D eigenvalue weighted by Gasteiger charge is -2.31. The van der Waals surface area contributed by atoms with E-state index in [1.54, 1.807) is 36.4 Å². The van der Waals surface area contributed by atoms with E-state index in [2.05, 4.69) is 15.3 Å². The summed E-state index contributed by atoms with van der Waals surface area (Å²) in [5.41, 5.74) is 2.71. The number of anilines is 2. The van der Waals surface area contributed by atoms with Gasteiger partial charge in [0.05, 0.1) is 42.7 Å². The van der Waals surface area contributed by atoms with Crippen LogP contribution in [0.5, 0.6) is 5.75 Å². The summed E-state index contributed by atoms with van der Waals surface area (Å²) in [6, 6.07) is 21.5. The van der Waals surface area contributed by atoms with Gasteiger partial charge in [-0.2, -0.15) is 0 Å². The maximum absolute atomic E-state index is 13.6. The second-order valence-electron chi connectivity index (χ2n) is 8.06. The van der Waals surface area contributed by atoms with Gasteiger partial charge in [-0.15, -0.1) is 0 Å². The van der Waals surface area contributed by atoms with E-state index in [0.717, 1.165) is 17.3 Å². The number of thioether (sulfide) groups is 1. The molecule has 1 aliphatic rings. The molecule has 0 saturated carbocycles. The van der Waals surface area contributed by atoms with Gasteiger partial charge in [0, 0.05) is 10.6 Å². The number of nitrogens with one attached hydrogen (secondary N) is 1. The minimum Gasteiger partial charge on any atom is -0.495 e. The molecule has 2 heterocycles. The fraction of sp³-hybridized carbons (Fsp3) is 0.115. The third kappa shape index (κ3) is 5.13. The van der Waals surface area contributed by atoms with E-state index in [4.69, 9.17) is 16.3 Å². The van der Waals surface area contributed by atoms with Crippen molar-refractivity contribution in [3.05, 3.63) is 89.6 Å². The Bertz CT molecular complexity index is 1580. The molecule has 3 aromatic carbocycles. The number of ether oxygens (including phenoxy) is 1. The summed E-state index contributed by atoms with van der Waals surface area (Å²) >= 11 is 7.36. The average molecular weight is 553 g/mol. The monoisotopic (exact) mass is 552 g/mol. The normalized spacial score (nSPS) is 13.4. The molecule has 0 bridgehead atoms. The molecule has 11 heteroatoms. The molecule has 0 spiro atoms. The Hall–Kier alpha value is -3.60. The maximum Gasteiger partial charge on any atom is 0.268 e. The highest BCUT2D eigenvalue weighted by atomic mass is 35.5. The van der Waals surface area contributed by atoms with Gasteiger partial charge in [0.15, 0.2) is 5.16 Å². The predicted octanol–water partition coefficient (Wildman–Crippen LogP) is 5.25. The number of carbonyl (C=O) groups excluding carboxylic acids is 1. The lowest BCUT2D eigenvalue weighted by Crippen LogP contribution is -2.34. The summed E-state index contributed by atoms with van der Waals surface area (Å²) in [5, 5.41) is 3.49. The highest BCUT2D eigenvalue weighted by molar-refractivity contribution is 7.99. The van der Waals surface area contributed by atoms with Gasteiger partial charge in [0.25, 0.3) is 10.0 Å². The SMILES string of the molecule is COc1ccccc1NC(=O)CSc1ncc2c(n1)-c1ccc(Cl)cc1N(Cc1ccccc1)S2(=O)=O. The van der Waals surface area contributed by atoms with Crippen molar-refractivity contribution in [3.8, 4) is 17.0 Å². The second kappa shape index (κ2) is 10.4. The van der Waals surface area contributed by atoms with E-state index < -0.39 is 10.0 Å². The van der Waals surface area contributed by atoms with Gasteiger partial charge < -0.3 is 10.1 Å². The lowest BCUT2D eigenvalue weighted by atomic mass is 10.1. The molecule has 0 saturated heterocycles. The molecule has 1 N–H and O–H groups in total. The van der Waals surface area contributed by atoms with E-state index in [-0.39, 0.29) is 34.0 Å². The summed E-state index contributed by atoms with van der Waals surface area (Å²) in [5.74, 6) is 0.299. The number of amides is 1. The standard InChI is InChI=1S/C26H21ClN4O4S2/c1-35-22-10-6-5-9-20(22)29-24(32)16-36-26-28-14-23-25(30-26)19-12-11-18(27)13-21(19)31(37(23,33)34)15-17-7-3-2-4-8-17/h2-14H,15-16H2,1H3,(H,29,32). The summed E-state index contributed by atoms with van der Waals surface area (Å²) < 4.78 is 33.9. The van der Waals surface area contributed by atoms with Crippen molar-refractivity contribution < 1.29 is 17.9 Å².